The number of nitrogens with one attached hydrogen (secondary N) is 2. The number of amides is 1. The Morgan fingerprint density at radius 2 is 1.75 bits per heavy atom. The van der Waals surface area contributed by atoms with Crippen molar-refractivity contribution in [3.8, 4) is 5.75 Å². The summed E-state index contributed by atoms with van der Waals surface area (Å²) in [6, 6.07) is 4.28. The fourth-order valence-electron chi connectivity index (χ4n) is 4.85. The number of likely N-dealkylation sites (tertiary alicyclic amines) is 1. The summed E-state index contributed by atoms with van der Waals surface area (Å²) < 4.78 is 32.7. The van der Waals surface area contributed by atoms with E-state index < -0.39 is 10.0 Å². The molecule has 0 aliphatic carbocycles. The second-order valence-electron chi connectivity index (χ2n) is 9.03. The monoisotopic (exact) mass is 466 g/mol. The van der Waals surface area contributed by atoms with Crippen molar-refractivity contribution in [2.24, 2.45) is 0 Å². The van der Waals surface area contributed by atoms with Gasteiger partial charge in [0.1, 0.15) is 5.75 Å². The Morgan fingerprint density at radius 3 is 2.31 bits per heavy atom. The maximum absolute atomic E-state index is 13.1. The quantitative estimate of drug-likeness (QED) is 0.606. The van der Waals surface area contributed by atoms with Crippen LogP contribution in [0.1, 0.15) is 43.2 Å². The lowest BCUT2D eigenvalue weighted by atomic mass is 9.98. The fraction of sp³-hybridized carbons (Fsp3) is 0.696. The number of aryl methyl sites for hydroxylation is 2. The van der Waals surface area contributed by atoms with E-state index in [1.165, 1.54) is 24.2 Å². The number of hydrogen-bond acceptors (Lipinski definition) is 6. The number of piperidine rings is 2. The van der Waals surface area contributed by atoms with Crippen LogP contribution in [0, 0.1) is 13.8 Å². The van der Waals surface area contributed by atoms with Gasteiger partial charge in [-0.05, 0) is 75.9 Å². The minimum absolute atomic E-state index is 0.0875. The smallest absolute Gasteiger partial charge is 0.243 e. The van der Waals surface area contributed by atoms with Crippen LogP contribution in [0.4, 0.5) is 0 Å². The van der Waals surface area contributed by atoms with Crippen molar-refractivity contribution in [2.45, 2.75) is 62.9 Å². The molecule has 2 fully saturated rings. The van der Waals surface area contributed by atoms with E-state index >= 15 is 0 Å². The lowest BCUT2D eigenvalue weighted by Gasteiger charge is -2.39. The molecule has 3 rings (SSSR count). The predicted molar refractivity (Wildman–Crippen MR) is 126 cm³/mol. The van der Waals surface area contributed by atoms with Gasteiger partial charge in [0.2, 0.25) is 15.9 Å². The highest BCUT2D eigenvalue weighted by molar-refractivity contribution is 7.89. The minimum Gasteiger partial charge on any atom is -0.497 e. The van der Waals surface area contributed by atoms with Crippen LogP contribution in [-0.4, -0.2) is 82.5 Å². The molecule has 1 aromatic carbocycles. The van der Waals surface area contributed by atoms with Crippen molar-refractivity contribution in [1.29, 1.82) is 0 Å². The molecule has 0 unspecified atom stereocenters. The molecule has 180 valence electrons. The fourth-order valence-corrected chi connectivity index (χ4v) is 6.43. The number of carbonyl (C=O) groups is 1. The number of hydrogen-bond donors (Lipinski definition) is 2. The highest BCUT2D eigenvalue weighted by Gasteiger charge is 2.28. The normalized spacial score (nSPS) is 19.3. The number of nitrogens with zero attached hydrogens (tertiary/aromatic N) is 2. The van der Waals surface area contributed by atoms with Crippen molar-refractivity contribution < 1.29 is 17.9 Å². The highest BCUT2D eigenvalue weighted by Crippen LogP contribution is 2.28. The Labute approximate surface area is 192 Å². The van der Waals surface area contributed by atoms with Gasteiger partial charge >= 0.3 is 0 Å². The van der Waals surface area contributed by atoms with Crippen LogP contribution in [0.5, 0.6) is 5.75 Å². The van der Waals surface area contributed by atoms with E-state index in [0.29, 0.717) is 22.9 Å². The average molecular weight is 467 g/mol. The molecular formula is C23H38N4O4S. The standard InChI is InChI=1S/C23H38N4O4S/c1-17-15-21(31-4)16-18(2)23(17)32(29,30)26(3)12-9-22(28)25-19-7-13-27(14-8-19)20-5-10-24-11-6-20/h15-16,19-20,24H,5-14H2,1-4H3,(H,25,28). The summed E-state index contributed by atoms with van der Waals surface area (Å²) in [4.78, 5) is 15.4. The van der Waals surface area contributed by atoms with E-state index in [9.17, 15) is 13.2 Å². The van der Waals surface area contributed by atoms with Crippen LogP contribution in [0.2, 0.25) is 0 Å². The van der Waals surface area contributed by atoms with E-state index in [1.54, 1.807) is 33.1 Å². The molecule has 0 spiro atoms. The van der Waals surface area contributed by atoms with Gasteiger partial charge in [-0.15, -0.1) is 0 Å². The largest absolute Gasteiger partial charge is 0.497 e. The van der Waals surface area contributed by atoms with Gasteiger partial charge in [0.25, 0.3) is 0 Å². The summed E-state index contributed by atoms with van der Waals surface area (Å²) in [5.74, 6) is 0.544. The maximum atomic E-state index is 13.1. The van der Waals surface area contributed by atoms with Crippen LogP contribution < -0.4 is 15.4 Å². The van der Waals surface area contributed by atoms with Crippen molar-refractivity contribution in [2.75, 3.05) is 46.9 Å². The Balaban J connectivity index is 1.48. The van der Waals surface area contributed by atoms with E-state index in [-0.39, 0.29) is 29.8 Å². The van der Waals surface area contributed by atoms with Crippen LogP contribution >= 0.6 is 0 Å². The molecule has 0 radical (unpaired) electrons. The third-order valence-corrected chi connectivity index (χ3v) is 8.87. The molecule has 2 heterocycles. The molecule has 2 saturated heterocycles. The van der Waals surface area contributed by atoms with Gasteiger partial charge in [0.15, 0.2) is 0 Å². The van der Waals surface area contributed by atoms with Crippen molar-refractivity contribution in [3.63, 3.8) is 0 Å². The van der Waals surface area contributed by atoms with Gasteiger partial charge in [-0.25, -0.2) is 12.7 Å². The number of rotatable bonds is 8. The molecular weight excluding hydrogens is 428 g/mol. The molecule has 0 atom stereocenters. The first-order valence-electron chi connectivity index (χ1n) is 11.6. The van der Waals surface area contributed by atoms with Crippen molar-refractivity contribution in [3.05, 3.63) is 23.3 Å². The summed E-state index contributed by atoms with van der Waals surface area (Å²) >= 11 is 0. The van der Waals surface area contributed by atoms with Gasteiger partial charge in [-0.2, -0.15) is 0 Å². The summed E-state index contributed by atoms with van der Waals surface area (Å²) in [6.07, 6.45) is 4.45. The lowest BCUT2D eigenvalue weighted by Crippen LogP contribution is -2.50. The van der Waals surface area contributed by atoms with Crippen LogP contribution in [0.25, 0.3) is 0 Å². The van der Waals surface area contributed by atoms with Gasteiger partial charge in [0.05, 0.1) is 12.0 Å². The topological polar surface area (TPSA) is 91.0 Å². The summed E-state index contributed by atoms with van der Waals surface area (Å²) in [5, 5.41) is 6.52. The zero-order valence-electron chi connectivity index (χ0n) is 19.8. The number of carbonyl (C=O) groups excluding carboxylic acids is 1. The number of ether oxygens (including phenoxy) is 1. The number of sulfonamides is 1. The van der Waals surface area contributed by atoms with E-state index in [0.717, 1.165) is 39.0 Å². The minimum atomic E-state index is -3.69. The van der Waals surface area contributed by atoms with Gasteiger partial charge in [0, 0.05) is 45.2 Å². The highest BCUT2D eigenvalue weighted by atomic mass is 32.2. The zero-order valence-corrected chi connectivity index (χ0v) is 20.6. The van der Waals surface area contributed by atoms with Crippen LogP contribution in [0.3, 0.4) is 0 Å². The molecule has 2 aliphatic rings. The molecule has 32 heavy (non-hydrogen) atoms. The third kappa shape index (κ3) is 6.01. The Hall–Kier alpha value is -1.68. The Bertz CT molecular complexity index is 868. The second kappa shape index (κ2) is 11.0. The average Bonchev–Trinajstić information content (AvgIpc) is 2.77. The summed E-state index contributed by atoms with van der Waals surface area (Å²) in [5.41, 5.74) is 1.28. The molecule has 2 N–H and O–H groups in total. The van der Waals surface area contributed by atoms with Gasteiger partial charge in [-0.3, -0.25) is 4.79 Å². The first-order chi connectivity index (χ1) is 15.2. The molecule has 0 aromatic heterocycles. The summed E-state index contributed by atoms with van der Waals surface area (Å²) in [7, 11) is -0.597. The van der Waals surface area contributed by atoms with E-state index in [2.05, 4.69) is 15.5 Å². The molecule has 2 aliphatic heterocycles. The molecule has 8 nitrogen and oxygen atoms in total. The van der Waals surface area contributed by atoms with Crippen LogP contribution in [-0.2, 0) is 14.8 Å². The molecule has 1 aromatic rings. The third-order valence-electron chi connectivity index (χ3n) is 6.71. The lowest BCUT2D eigenvalue weighted by molar-refractivity contribution is -0.122. The maximum Gasteiger partial charge on any atom is 0.243 e. The first-order valence-corrected chi connectivity index (χ1v) is 13.0. The van der Waals surface area contributed by atoms with Crippen LogP contribution in [0.15, 0.2) is 17.0 Å². The van der Waals surface area contributed by atoms with Crippen molar-refractivity contribution in [1.82, 2.24) is 19.8 Å². The molecule has 1 amide bonds. The summed E-state index contributed by atoms with van der Waals surface area (Å²) in [6.45, 7) is 7.88. The Kier molecular flexibility index (Phi) is 8.55. The van der Waals surface area contributed by atoms with E-state index in [4.69, 9.17) is 4.74 Å². The second-order valence-corrected chi connectivity index (χ2v) is 11.0. The number of benzene rings is 1. The Morgan fingerprint density at radius 1 is 1.16 bits per heavy atom. The van der Waals surface area contributed by atoms with Gasteiger partial charge in [-0.1, -0.05) is 0 Å². The SMILES string of the molecule is COc1cc(C)c(S(=O)(=O)N(C)CCC(=O)NC2CCN(C3CCNCC3)CC2)c(C)c1. The predicted octanol–water partition coefficient (Wildman–Crippen LogP) is 1.66. The first kappa shape index (κ1) is 25.0. The molecule has 0 saturated carbocycles. The molecule has 9 heteroatoms. The zero-order chi connectivity index (χ0) is 23.3. The van der Waals surface area contributed by atoms with Crippen molar-refractivity contribution >= 4 is 15.9 Å². The number of methoxy groups -OCH3 is 1. The molecule has 0 bridgehead atoms. The van der Waals surface area contributed by atoms with Gasteiger partial charge < -0.3 is 20.3 Å². The van der Waals surface area contributed by atoms with E-state index in [1.807, 2.05) is 0 Å².